The van der Waals surface area contributed by atoms with Crippen molar-refractivity contribution in [2.24, 2.45) is 0 Å². The van der Waals surface area contributed by atoms with Gasteiger partial charge in [0.1, 0.15) is 0 Å². The first-order valence-corrected chi connectivity index (χ1v) is 10.5. The Hall–Kier alpha value is -0.353. The summed E-state index contributed by atoms with van der Waals surface area (Å²) in [4.78, 5) is 21.7. The Labute approximate surface area is 133 Å². The van der Waals surface area contributed by atoms with Crippen molar-refractivity contribution >= 4 is 43.5 Å². The third kappa shape index (κ3) is 4.32. The van der Waals surface area contributed by atoms with E-state index in [9.17, 15) is 9.59 Å². The van der Waals surface area contributed by atoms with Gasteiger partial charge in [0, 0.05) is 0 Å². The Kier molecular flexibility index (Phi) is 5.85. The van der Waals surface area contributed by atoms with Crippen LogP contribution in [0.15, 0.2) is 0 Å². The van der Waals surface area contributed by atoms with Crippen LogP contribution in [0.2, 0.25) is 18.1 Å². The summed E-state index contributed by atoms with van der Waals surface area (Å²) in [6, 6.07) is 0. The van der Waals surface area contributed by atoms with Gasteiger partial charge >= 0.3 is 6.16 Å². The van der Waals surface area contributed by atoms with E-state index in [1.54, 1.807) is 0 Å². The van der Waals surface area contributed by atoms with Crippen LogP contribution in [0.4, 0.5) is 4.79 Å². The number of cyclic esters (lactones) is 2. The highest BCUT2D eigenvalue weighted by Crippen LogP contribution is 2.37. The molecule has 0 aromatic heterocycles. The Morgan fingerprint density at radius 1 is 1.40 bits per heavy atom. The van der Waals surface area contributed by atoms with E-state index >= 15 is 0 Å². The van der Waals surface area contributed by atoms with E-state index in [0.717, 1.165) is 0 Å². The van der Waals surface area contributed by atoms with Crippen LogP contribution in [0.5, 0.6) is 0 Å². The average Bonchev–Trinajstić information content (AvgIpc) is 2.62. The molecular formula is C12H21IO6Si. The van der Waals surface area contributed by atoms with Gasteiger partial charge in [0.05, 0.1) is 6.61 Å². The van der Waals surface area contributed by atoms with Gasteiger partial charge in [-0.2, -0.15) is 0 Å². The fourth-order valence-corrected chi connectivity index (χ4v) is 3.22. The number of hydrogen-bond acceptors (Lipinski definition) is 6. The van der Waals surface area contributed by atoms with E-state index in [1.165, 1.54) is 0 Å². The Morgan fingerprint density at radius 2 is 2.00 bits per heavy atom. The van der Waals surface area contributed by atoms with Crippen LogP contribution in [0.1, 0.15) is 20.8 Å². The fourth-order valence-electron chi connectivity index (χ4n) is 1.39. The largest absolute Gasteiger partial charge is 0.510 e. The number of ether oxygens (including phenoxy) is 3. The zero-order valence-electron chi connectivity index (χ0n) is 12.3. The van der Waals surface area contributed by atoms with Crippen LogP contribution in [0.3, 0.4) is 0 Å². The minimum absolute atomic E-state index is 0.0469. The lowest BCUT2D eigenvalue weighted by Crippen LogP contribution is -2.46. The molecule has 0 bridgehead atoms. The summed E-state index contributed by atoms with van der Waals surface area (Å²) < 4.78 is 20.4. The molecule has 20 heavy (non-hydrogen) atoms. The summed E-state index contributed by atoms with van der Waals surface area (Å²) in [5.74, 6) is 0. The Morgan fingerprint density at radius 3 is 2.40 bits per heavy atom. The lowest BCUT2D eigenvalue weighted by atomic mass is 10.2. The van der Waals surface area contributed by atoms with Crippen LogP contribution >= 0.6 is 22.6 Å². The summed E-state index contributed by atoms with van der Waals surface area (Å²) in [5, 5.41) is 0.0469. The standard InChI is InChI=1S/C12H21IO6Si/c1-12(2,3)20(4,5)17-6-8(16-7-14)9-10(13)19-11(15)18-9/h7-10H,6H2,1-5H3/t8-,9+,10-/m0/s1. The molecule has 1 aliphatic rings. The lowest BCUT2D eigenvalue weighted by molar-refractivity contribution is -0.140. The maximum Gasteiger partial charge on any atom is 0.510 e. The van der Waals surface area contributed by atoms with Crippen LogP contribution in [0, 0.1) is 0 Å². The molecule has 1 aliphatic heterocycles. The molecule has 0 aliphatic carbocycles. The van der Waals surface area contributed by atoms with Crippen molar-refractivity contribution < 1.29 is 28.2 Å². The first-order chi connectivity index (χ1) is 9.08. The highest BCUT2D eigenvalue weighted by Gasteiger charge is 2.44. The second-order valence-electron chi connectivity index (χ2n) is 6.14. The Balaban J connectivity index is 2.69. The van der Waals surface area contributed by atoms with E-state index in [0.29, 0.717) is 6.47 Å². The van der Waals surface area contributed by atoms with Gasteiger partial charge in [-0.05, 0) is 40.7 Å². The van der Waals surface area contributed by atoms with Crippen molar-refractivity contribution in [1.29, 1.82) is 0 Å². The predicted octanol–water partition coefficient (Wildman–Crippen LogP) is 2.85. The smallest absolute Gasteiger partial charge is 0.458 e. The van der Waals surface area contributed by atoms with E-state index in [2.05, 4.69) is 33.9 Å². The molecule has 0 spiro atoms. The van der Waals surface area contributed by atoms with Gasteiger partial charge in [0.2, 0.25) is 0 Å². The van der Waals surface area contributed by atoms with E-state index in [1.807, 2.05) is 22.6 Å². The molecule has 0 aromatic rings. The first-order valence-electron chi connectivity index (χ1n) is 6.33. The third-order valence-electron chi connectivity index (χ3n) is 3.71. The predicted molar refractivity (Wildman–Crippen MR) is 83.2 cm³/mol. The van der Waals surface area contributed by atoms with Crippen molar-refractivity contribution in [2.75, 3.05) is 6.61 Å². The SMILES string of the molecule is CC(C)(C)[Si](C)(C)OC[C@H](OC=O)[C@H]1OC(=O)O[C@@H]1I. The molecule has 0 amide bonds. The van der Waals surface area contributed by atoms with E-state index in [4.69, 9.17) is 18.6 Å². The van der Waals surface area contributed by atoms with Gasteiger partial charge in [-0.1, -0.05) is 20.8 Å². The summed E-state index contributed by atoms with van der Waals surface area (Å²) >= 11 is 1.93. The van der Waals surface area contributed by atoms with Gasteiger partial charge < -0.3 is 18.6 Å². The fraction of sp³-hybridized carbons (Fsp3) is 0.833. The number of alkyl halides is 1. The molecule has 1 heterocycles. The molecule has 1 fully saturated rings. The first kappa shape index (κ1) is 17.7. The molecule has 1 saturated heterocycles. The van der Waals surface area contributed by atoms with Gasteiger partial charge in [0.15, 0.2) is 24.6 Å². The lowest BCUT2D eigenvalue weighted by Gasteiger charge is -2.37. The van der Waals surface area contributed by atoms with Crippen molar-refractivity contribution in [3.05, 3.63) is 0 Å². The molecular weight excluding hydrogens is 395 g/mol. The number of hydrogen-bond donors (Lipinski definition) is 0. The third-order valence-corrected chi connectivity index (χ3v) is 9.17. The van der Waals surface area contributed by atoms with Crippen molar-refractivity contribution in [1.82, 2.24) is 0 Å². The normalized spacial score (nSPS) is 24.8. The number of halogens is 1. The summed E-state index contributed by atoms with van der Waals surface area (Å²) in [7, 11) is -1.97. The number of rotatable bonds is 6. The molecule has 0 saturated carbocycles. The molecule has 6 nitrogen and oxygen atoms in total. The van der Waals surface area contributed by atoms with Gasteiger partial charge in [-0.15, -0.1) is 0 Å². The topological polar surface area (TPSA) is 71.1 Å². The van der Waals surface area contributed by atoms with Crippen molar-refractivity contribution in [3.63, 3.8) is 0 Å². The van der Waals surface area contributed by atoms with Crippen molar-refractivity contribution in [2.45, 2.75) is 55.2 Å². The maximum atomic E-state index is 11.1. The summed E-state index contributed by atoms with van der Waals surface area (Å²) in [6.45, 7) is 11.1. The van der Waals surface area contributed by atoms with Crippen LogP contribution < -0.4 is 0 Å². The molecule has 0 aromatic carbocycles. The molecule has 0 unspecified atom stereocenters. The average molecular weight is 416 g/mol. The summed E-state index contributed by atoms with van der Waals surface area (Å²) in [5.41, 5.74) is 0. The number of carbonyl (C=O) groups excluding carboxylic acids is 2. The molecule has 0 radical (unpaired) electrons. The quantitative estimate of drug-likeness (QED) is 0.218. The maximum absolute atomic E-state index is 11.1. The molecule has 116 valence electrons. The summed E-state index contributed by atoms with van der Waals surface area (Å²) in [6.07, 6.45) is -2.05. The molecule has 8 heteroatoms. The van der Waals surface area contributed by atoms with Gasteiger partial charge in [0.25, 0.3) is 6.47 Å². The zero-order chi connectivity index (χ0) is 15.6. The molecule has 3 atom stereocenters. The van der Waals surface area contributed by atoms with E-state index < -0.39 is 30.8 Å². The monoisotopic (exact) mass is 416 g/mol. The zero-order valence-corrected chi connectivity index (χ0v) is 15.5. The van der Waals surface area contributed by atoms with E-state index in [-0.39, 0.29) is 11.6 Å². The second kappa shape index (κ2) is 6.61. The van der Waals surface area contributed by atoms with Crippen LogP contribution in [-0.4, -0.2) is 43.9 Å². The molecule has 1 rings (SSSR count). The van der Waals surface area contributed by atoms with Gasteiger partial charge in [-0.25, -0.2) is 4.79 Å². The number of carbonyl (C=O) groups is 2. The highest BCUT2D eigenvalue weighted by molar-refractivity contribution is 14.1. The van der Waals surface area contributed by atoms with Gasteiger partial charge in [-0.3, -0.25) is 4.79 Å². The van der Waals surface area contributed by atoms with Crippen molar-refractivity contribution in [3.8, 4) is 0 Å². The second-order valence-corrected chi connectivity index (χ2v) is 12.2. The highest BCUT2D eigenvalue weighted by atomic mass is 127. The minimum Gasteiger partial charge on any atom is -0.458 e. The minimum atomic E-state index is -1.97. The van der Waals surface area contributed by atoms with Crippen LogP contribution in [-0.2, 0) is 23.4 Å². The molecule has 0 N–H and O–H groups in total. The Bertz CT molecular complexity index is 367. The van der Waals surface area contributed by atoms with Crippen LogP contribution in [0.25, 0.3) is 0 Å².